The molecule has 0 aromatic carbocycles. The van der Waals surface area contributed by atoms with Gasteiger partial charge in [-0.1, -0.05) is 5.16 Å². The maximum atomic E-state index is 13.4. The van der Waals surface area contributed by atoms with E-state index in [1.807, 2.05) is 4.90 Å². The summed E-state index contributed by atoms with van der Waals surface area (Å²) < 4.78 is 18.4. The number of carbonyl (C=O) groups is 1. The van der Waals surface area contributed by atoms with E-state index in [0.29, 0.717) is 43.6 Å². The Kier molecular flexibility index (Phi) is 3.59. The number of aromatic amines is 1. The number of aryl methyl sites for hydroxylation is 2. The fraction of sp³-hybridized carbons (Fsp3) is 0.500. The molecule has 2 atom stereocenters. The second kappa shape index (κ2) is 5.68. The van der Waals surface area contributed by atoms with Crippen molar-refractivity contribution in [2.24, 2.45) is 11.8 Å². The highest BCUT2D eigenvalue weighted by Crippen LogP contribution is 2.33. The summed E-state index contributed by atoms with van der Waals surface area (Å²) in [5, 5.41) is 3.78. The maximum absolute atomic E-state index is 13.4. The lowest BCUT2D eigenvalue weighted by Crippen LogP contribution is -2.34. The van der Waals surface area contributed by atoms with Gasteiger partial charge in [0.2, 0.25) is 11.8 Å². The molecular formula is C16H18FN5O3. The molecule has 4 rings (SSSR count). The third kappa shape index (κ3) is 2.69. The summed E-state index contributed by atoms with van der Waals surface area (Å²) in [5.41, 5.74) is -0.332. The molecule has 4 heterocycles. The van der Waals surface area contributed by atoms with Crippen LogP contribution in [0, 0.1) is 31.5 Å². The average Bonchev–Trinajstić information content (AvgIpc) is 3.25. The Morgan fingerprint density at radius 2 is 1.96 bits per heavy atom. The van der Waals surface area contributed by atoms with Gasteiger partial charge < -0.3 is 14.3 Å². The molecule has 1 amide bonds. The van der Waals surface area contributed by atoms with E-state index in [1.165, 1.54) is 6.92 Å². The molecule has 0 bridgehead atoms. The molecule has 0 spiro atoms. The van der Waals surface area contributed by atoms with Gasteiger partial charge in [-0.15, -0.1) is 0 Å². The molecule has 9 heteroatoms. The van der Waals surface area contributed by atoms with E-state index < -0.39 is 11.4 Å². The molecule has 2 saturated heterocycles. The first-order valence-electron chi connectivity index (χ1n) is 8.16. The van der Waals surface area contributed by atoms with Crippen molar-refractivity contribution in [3.63, 3.8) is 0 Å². The Balaban J connectivity index is 1.46. The topological polar surface area (TPSA) is 95.3 Å². The van der Waals surface area contributed by atoms with Crippen molar-refractivity contribution in [2.45, 2.75) is 13.8 Å². The van der Waals surface area contributed by atoms with Gasteiger partial charge >= 0.3 is 0 Å². The molecule has 2 unspecified atom stereocenters. The second-order valence-corrected chi connectivity index (χ2v) is 6.75. The zero-order valence-corrected chi connectivity index (χ0v) is 14.0. The fourth-order valence-corrected chi connectivity index (χ4v) is 3.67. The van der Waals surface area contributed by atoms with E-state index in [1.54, 1.807) is 17.9 Å². The van der Waals surface area contributed by atoms with Crippen LogP contribution in [0.2, 0.25) is 0 Å². The fourth-order valence-electron chi connectivity index (χ4n) is 3.67. The van der Waals surface area contributed by atoms with Crippen LogP contribution in [-0.4, -0.2) is 52.1 Å². The molecule has 0 aliphatic carbocycles. The summed E-state index contributed by atoms with van der Waals surface area (Å²) >= 11 is 0. The molecule has 25 heavy (non-hydrogen) atoms. The van der Waals surface area contributed by atoms with Crippen LogP contribution in [0.5, 0.6) is 0 Å². The van der Waals surface area contributed by atoms with Crippen LogP contribution in [0.25, 0.3) is 0 Å². The van der Waals surface area contributed by atoms with Gasteiger partial charge in [0.25, 0.3) is 11.5 Å². The number of amides is 1. The summed E-state index contributed by atoms with van der Waals surface area (Å²) in [6.45, 7) is 5.80. The van der Waals surface area contributed by atoms with Crippen LogP contribution < -0.4 is 10.5 Å². The molecule has 2 aromatic heterocycles. The zero-order valence-electron chi connectivity index (χ0n) is 14.0. The number of nitrogens with zero attached hydrogens (tertiary/aromatic N) is 4. The standard InChI is InChI=1S/C16H18FN5O3/c1-8-3-12(20-25-8)15(24)21-4-10-6-22(7-11(10)5-21)16-18-9(2)13(17)14(23)19-16/h3,10-11H,4-7H2,1-2H3,(H,18,19,23). The quantitative estimate of drug-likeness (QED) is 0.860. The number of H-pyrrole nitrogens is 1. The molecule has 132 valence electrons. The van der Waals surface area contributed by atoms with Gasteiger partial charge in [0.05, 0.1) is 5.69 Å². The number of halogens is 1. The van der Waals surface area contributed by atoms with E-state index in [4.69, 9.17) is 4.52 Å². The van der Waals surface area contributed by atoms with Crippen LogP contribution in [0.3, 0.4) is 0 Å². The van der Waals surface area contributed by atoms with Gasteiger partial charge in [-0.3, -0.25) is 14.6 Å². The summed E-state index contributed by atoms with van der Waals surface area (Å²) in [7, 11) is 0. The SMILES string of the molecule is Cc1cc(C(=O)N2CC3CN(c4nc(C)c(F)c(=O)[nH]4)CC3C2)no1. The Morgan fingerprint density at radius 3 is 2.52 bits per heavy atom. The van der Waals surface area contributed by atoms with Gasteiger partial charge in [-0.05, 0) is 13.8 Å². The number of carbonyl (C=O) groups excluding carboxylic acids is 1. The number of aromatic nitrogens is 3. The van der Waals surface area contributed by atoms with Gasteiger partial charge in [0.15, 0.2) is 5.69 Å². The molecule has 2 aliphatic rings. The maximum Gasteiger partial charge on any atom is 0.288 e. The lowest BCUT2D eigenvalue weighted by molar-refractivity contribution is 0.0772. The third-order valence-corrected chi connectivity index (χ3v) is 4.94. The van der Waals surface area contributed by atoms with Crippen molar-refractivity contribution in [3.05, 3.63) is 39.4 Å². The van der Waals surface area contributed by atoms with E-state index in [-0.39, 0.29) is 23.4 Å². The van der Waals surface area contributed by atoms with Crippen LogP contribution in [0.1, 0.15) is 21.9 Å². The molecule has 8 nitrogen and oxygen atoms in total. The normalized spacial score (nSPS) is 22.5. The Labute approximate surface area is 142 Å². The molecule has 0 saturated carbocycles. The number of rotatable bonds is 2. The van der Waals surface area contributed by atoms with Crippen molar-refractivity contribution in [1.82, 2.24) is 20.0 Å². The molecule has 1 N–H and O–H groups in total. The second-order valence-electron chi connectivity index (χ2n) is 6.75. The van der Waals surface area contributed by atoms with Crippen LogP contribution in [-0.2, 0) is 0 Å². The third-order valence-electron chi connectivity index (χ3n) is 4.94. The first kappa shape index (κ1) is 15.8. The number of likely N-dealkylation sites (tertiary alicyclic amines) is 1. The van der Waals surface area contributed by atoms with E-state index >= 15 is 0 Å². The number of hydrogen-bond donors (Lipinski definition) is 1. The van der Waals surface area contributed by atoms with Crippen molar-refractivity contribution in [3.8, 4) is 0 Å². The largest absolute Gasteiger partial charge is 0.361 e. The van der Waals surface area contributed by atoms with Gasteiger partial charge in [-0.25, -0.2) is 4.98 Å². The summed E-state index contributed by atoms with van der Waals surface area (Å²) in [4.78, 5) is 34.4. The Bertz CT molecular complexity index is 878. The summed E-state index contributed by atoms with van der Waals surface area (Å²) in [6, 6.07) is 1.64. The van der Waals surface area contributed by atoms with E-state index in [2.05, 4.69) is 15.1 Å². The van der Waals surface area contributed by atoms with Crippen molar-refractivity contribution < 1.29 is 13.7 Å². The van der Waals surface area contributed by atoms with Crippen molar-refractivity contribution in [1.29, 1.82) is 0 Å². The number of nitrogens with one attached hydrogen (secondary N) is 1. The monoisotopic (exact) mass is 347 g/mol. The van der Waals surface area contributed by atoms with Crippen LogP contribution >= 0.6 is 0 Å². The average molecular weight is 347 g/mol. The first-order chi connectivity index (χ1) is 11.9. The predicted molar refractivity (Wildman–Crippen MR) is 85.9 cm³/mol. The smallest absolute Gasteiger partial charge is 0.288 e. The highest BCUT2D eigenvalue weighted by Gasteiger charge is 2.43. The lowest BCUT2D eigenvalue weighted by atomic mass is 10.0. The minimum Gasteiger partial charge on any atom is -0.361 e. The minimum absolute atomic E-state index is 0.0917. The number of anilines is 1. The molecule has 0 radical (unpaired) electrons. The highest BCUT2D eigenvalue weighted by atomic mass is 19.1. The van der Waals surface area contributed by atoms with Gasteiger partial charge in [0, 0.05) is 44.1 Å². The van der Waals surface area contributed by atoms with Crippen molar-refractivity contribution >= 4 is 11.9 Å². The zero-order chi connectivity index (χ0) is 17.7. The number of hydrogen-bond acceptors (Lipinski definition) is 6. The van der Waals surface area contributed by atoms with E-state index in [0.717, 1.165) is 0 Å². The van der Waals surface area contributed by atoms with Crippen molar-refractivity contribution in [2.75, 3.05) is 31.1 Å². The van der Waals surface area contributed by atoms with Crippen LogP contribution in [0.4, 0.5) is 10.3 Å². The summed E-state index contributed by atoms with van der Waals surface area (Å²) in [6.07, 6.45) is 0. The molecule has 2 aliphatic heterocycles. The van der Waals surface area contributed by atoms with Gasteiger partial charge in [-0.2, -0.15) is 4.39 Å². The molecule has 2 aromatic rings. The summed E-state index contributed by atoms with van der Waals surface area (Å²) in [5.74, 6) is 0.601. The first-order valence-corrected chi connectivity index (χ1v) is 8.16. The Hall–Kier alpha value is -2.71. The van der Waals surface area contributed by atoms with Gasteiger partial charge in [0.1, 0.15) is 5.76 Å². The molecular weight excluding hydrogens is 329 g/mol. The highest BCUT2D eigenvalue weighted by molar-refractivity contribution is 5.92. The van der Waals surface area contributed by atoms with E-state index in [9.17, 15) is 14.0 Å². The number of fused-ring (bicyclic) bond motifs is 1. The minimum atomic E-state index is -0.845. The lowest BCUT2D eigenvalue weighted by Gasteiger charge is -2.21. The van der Waals surface area contributed by atoms with Crippen LogP contribution in [0.15, 0.2) is 15.4 Å². The molecule has 2 fully saturated rings. The Morgan fingerprint density at radius 1 is 1.28 bits per heavy atom. The predicted octanol–water partition coefficient (Wildman–Crippen LogP) is 0.722.